The fourth-order valence-corrected chi connectivity index (χ4v) is 3.59. The van der Waals surface area contributed by atoms with Gasteiger partial charge >= 0.3 is 0 Å². The third-order valence-electron chi connectivity index (χ3n) is 5.04. The minimum Gasteiger partial charge on any atom is -0.448 e. The number of rotatable bonds is 4. The normalized spacial score (nSPS) is 14.3. The van der Waals surface area contributed by atoms with Gasteiger partial charge in [0.25, 0.3) is 5.56 Å². The van der Waals surface area contributed by atoms with Gasteiger partial charge in [0.15, 0.2) is 5.82 Å². The van der Waals surface area contributed by atoms with Gasteiger partial charge in [0.05, 0.1) is 25.2 Å². The lowest BCUT2D eigenvalue weighted by Gasteiger charge is -2.29. The van der Waals surface area contributed by atoms with Crippen molar-refractivity contribution in [2.24, 2.45) is 0 Å². The number of morpholine rings is 1. The molecule has 1 aliphatic heterocycles. The summed E-state index contributed by atoms with van der Waals surface area (Å²) >= 11 is 0. The minimum absolute atomic E-state index is 0.141. The van der Waals surface area contributed by atoms with Crippen LogP contribution < -0.4 is 15.8 Å². The quantitative estimate of drug-likeness (QED) is 0.554. The number of nitrogens with one attached hydrogen (secondary N) is 1. The predicted octanol–water partition coefficient (Wildman–Crippen LogP) is 2.01. The molecule has 9 heteroatoms. The monoisotopic (exact) mass is 405 g/mol. The summed E-state index contributed by atoms with van der Waals surface area (Å²) in [5.41, 5.74) is 1.42. The molecule has 152 valence electrons. The summed E-state index contributed by atoms with van der Waals surface area (Å²) in [5, 5.41) is 3.63. The van der Waals surface area contributed by atoms with Gasteiger partial charge in [0.2, 0.25) is 11.5 Å². The van der Waals surface area contributed by atoms with Crippen molar-refractivity contribution in [3.63, 3.8) is 0 Å². The van der Waals surface area contributed by atoms with Gasteiger partial charge in [0.1, 0.15) is 17.6 Å². The first kappa shape index (κ1) is 18.3. The maximum absolute atomic E-state index is 12.8. The van der Waals surface area contributed by atoms with Crippen LogP contribution in [0.5, 0.6) is 0 Å². The molecule has 1 aliphatic rings. The van der Waals surface area contributed by atoms with Crippen molar-refractivity contribution < 1.29 is 13.9 Å². The molecule has 3 aromatic heterocycles. The van der Waals surface area contributed by atoms with Gasteiger partial charge < -0.3 is 19.4 Å². The number of carbonyl (C=O) groups is 1. The van der Waals surface area contributed by atoms with E-state index in [0.717, 1.165) is 5.39 Å². The van der Waals surface area contributed by atoms with E-state index < -0.39 is 5.56 Å². The molecule has 1 amide bonds. The number of amides is 1. The minimum atomic E-state index is -0.397. The average Bonchev–Trinajstić information content (AvgIpc) is 3.16. The summed E-state index contributed by atoms with van der Waals surface area (Å²) in [6.45, 7) is 2.44. The third-order valence-corrected chi connectivity index (χ3v) is 5.04. The summed E-state index contributed by atoms with van der Waals surface area (Å²) in [7, 11) is 0. The molecule has 0 atom stereocenters. The maximum Gasteiger partial charge on any atom is 0.297 e. The number of para-hydroxylation sites is 1. The molecule has 0 spiro atoms. The van der Waals surface area contributed by atoms with E-state index in [9.17, 15) is 9.59 Å². The zero-order chi connectivity index (χ0) is 20.5. The van der Waals surface area contributed by atoms with Crippen LogP contribution in [0.1, 0.15) is 0 Å². The predicted molar refractivity (Wildman–Crippen MR) is 112 cm³/mol. The summed E-state index contributed by atoms with van der Waals surface area (Å²) in [6.07, 6.45) is 3.06. The number of carbonyl (C=O) groups excluding carboxylic acids is 1. The fraction of sp³-hybridized carbons (Fsp3) is 0.238. The highest BCUT2D eigenvalue weighted by atomic mass is 16.5. The van der Waals surface area contributed by atoms with Crippen molar-refractivity contribution in [1.82, 2.24) is 14.5 Å². The highest BCUT2D eigenvalue weighted by molar-refractivity contribution is 6.01. The van der Waals surface area contributed by atoms with E-state index in [4.69, 9.17) is 9.15 Å². The Morgan fingerprint density at radius 1 is 1.10 bits per heavy atom. The van der Waals surface area contributed by atoms with E-state index in [1.54, 1.807) is 24.4 Å². The fourth-order valence-electron chi connectivity index (χ4n) is 3.59. The summed E-state index contributed by atoms with van der Waals surface area (Å²) in [5.74, 6) is 0.337. The van der Waals surface area contributed by atoms with Crippen molar-refractivity contribution in [1.29, 1.82) is 0 Å². The summed E-state index contributed by atoms with van der Waals surface area (Å²) < 4.78 is 12.3. The van der Waals surface area contributed by atoms with Crippen molar-refractivity contribution in [2.75, 3.05) is 36.5 Å². The second kappa shape index (κ2) is 7.60. The van der Waals surface area contributed by atoms with Crippen molar-refractivity contribution >= 4 is 39.5 Å². The van der Waals surface area contributed by atoms with E-state index >= 15 is 0 Å². The lowest BCUT2D eigenvalue weighted by Crippen LogP contribution is -2.37. The number of nitrogens with zero attached hydrogens (tertiary/aromatic N) is 4. The van der Waals surface area contributed by atoms with Gasteiger partial charge in [-0.15, -0.1) is 0 Å². The summed E-state index contributed by atoms with van der Waals surface area (Å²) in [4.78, 5) is 36.3. The number of pyridine rings is 1. The smallest absolute Gasteiger partial charge is 0.297 e. The zero-order valence-corrected chi connectivity index (χ0v) is 16.1. The van der Waals surface area contributed by atoms with E-state index in [0.29, 0.717) is 48.9 Å². The van der Waals surface area contributed by atoms with Crippen LogP contribution >= 0.6 is 0 Å². The maximum atomic E-state index is 12.8. The van der Waals surface area contributed by atoms with E-state index in [1.807, 2.05) is 18.2 Å². The first-order chi connectivity index (χ1) is 14.7. The molecule has 1 aromatic carbocycles. The lowest BCUT2D eigenvalue weighted by atomic mass is 10.2. The molecule has 9 nitrogen and oxygen atoms in total. The van der Waals surface area contributed by atoms with Gasteiger partial charge in [-0.3, -0.25) is 14.2 Å². The Labute approximate surface area is 170 Å². The van der Waals surface area contributed by atoms with Crippen molar-refractivity contribution in [3.05, 3.63) is 59.3 Å². The van der Waals surface area contributed by atoms with Crippen LogP contribution in [-0.2, 0) is 16.1 Å². The number of hydrogen-bond donors (Lipinski definition) is 1. The van der Waals surface area contributed by atoms with Gasteiger partial charge in [-0.05, 0) is 24.3 Å². The van der Waals surface area contributed by atoms with E-state index in [1.165, 1.54) is 10.9 Å². The molecule has 0 unspecified atom stereocenters. The van der Waals surface area contributed by atoms with Gasteiger partial charge in [-0.25, -0.2) is 9.97 Å². The van der Waals surface area contributed by atoms with Crippen molar-refractivity contribution in [3.8, 4) is 0 Å². The highest BCUT2D eigenvalue weighted by Crippen LogP contribution is 2.25. The largest absolute Gasteiger partial charge is 0.448 e. The topological polar surface area (TPSA) is 102 Å². The van der Waals surface area contributed by atoms with E-state index in [-0.39, 0.29) is 18.0 Å². The molecule has 1 N–H and O–H groups in total. The molecule has 1 fully saturated rings. The Morgan fingerprint density at radius 2 is 1.93 bits per heavy atom. The Kier molecular flexibility index (Phi) is 4.64. The highest BCUT2D eigenvalue weighted by Gasteiger charge is 2.18. The van der Waals surface area contributed by atoms with Crippen LogP contribution in [-0.4, -0.2) is 46.7 Å². The molecule has 1 saturated heterocycles. The Bertz CT molecular complexity index is 1290. The second-order valence-electron chi connectivity index (χ2n) is 6.98. The Balaban J connectivity index is 1.40. The standard InChI is InChI=1S/C21H19N5O4/c27-17(24-15-5-3-7-22-20(15)25-8-10-29-11-9-25)12-26-13-23-18-14-4-1-2-6-16(14)30-19(18)21(26)28/h1-7,13H,8-12H2,(H,24,27). The molecule has 4 aromatic rings. The first-order valence-corrected chi connectivity index (χ1v) is 9.65. The molecular weight excluding hydrogens is 386 g/mol. The zero-order valence-electron chi connectivity index (χ0n) is 16.1. The molecule has 0 saturated carbocycles. The number of anilines is 2. The molecule has 4 heterocycles. The van der Waals surface area contributed by atoms with Crippen LogP contribution in [0.25, 0.3) is 22.1 Å². The van der Waals surface area contributed by atoms with Crippen LogP contribution in [0.4, 0.5) is 11.5 Å². The van der Waals surface area contributed by atoms with Gasteiger partial charge in [-0.2, -0.15) is 0 Å². The van der Waals surface area contributed by atoms with Crippen LogP contribution in [0.2, 0.25) is 0 Å². The molecule has 0 radical (unpaired) electrons. The molecule has 0 aliphatic carbocycles. The Hall–Kier alpha value is -3.72. The van der Waals surface area contributed by atoms with Gasteiger partial charge in [0, 0.05) is 24.7 Å². The van der Waals surface area contributed by atoms with Crippen LogP contribution in [0.3, 0.4) is 0 Å². The lowest BCUT2D eigenvalue weighted by molar-refractivity contribution is -0.116. The molecule has 5 rings (SSSR count). The number of furan rings is 1. The van der Waals surface area contributed by atoms with Crippen LogP contribution in [0, 0.1) is 0 Å². The SMILES string of the molecule is O=C(Cn1cnc2c(oc3ccccc32)c1=O)Nc1cccnc1N1CCOCC1. The third kappa shape index (κ3) is 3.29. The second-order valence-corrected chi connectivity index (χ2v) is 6.98. The number of ether oxygens (including phenoxy) is 1. The number of fused-ring (bicyclic) bond motifs is 3. The van der Waals surface area contributed by atoms with Crippen LogP contribution in [0.15, 0.2) is 58.1 Å². The first-order valence-electron chi connectivity index (χ1n) is 9.65. The van der Waals surface area contributed by atoms with E-state index in [2.05, 4.69) is 20.2 Å². The number of hydrogen-bond acceptors (Lipinski definition) is 7. The Morgan fingerprint density at radius 3 is 2.80 bits per heavy atom. The molecular formula is C21H19N5O4. The number of benzene rings is 1. The number of aromatic nitrogens is 3. The van der Waals surface area contributed by atoms with Crippen molar-refractivity contribution in [2.45, 2.75) is 6.54 Å². The molecule has 30 heavy (non-hydrogen) atoms. The van der Waals surface area contributed by atoms with Gasteiger partial charge in [-0.1, -0.05) is 12.1 Å². The summed E-state index contributed by atoms with van der Waals surface area (Å²) in [6, 6.07) is 10.9. The molecule has 0 bridgehead atoms. The average molecular weight is 405 g/mol.